The lowest BCUT2D eigenvalue weighted by Crippen LogP contribution is -2.43. The van der Waals surface area contributed by atoms with E-state index < -0.39 is 5.60 Å². The lowest BCUT2D eigenvalue weighted by atomic mass is 9.78. The third-order valence-corrected chi connectivity index (χ3v) is 4.78. The van der Waals surface area contributed by atoms with Gasteiger partial charge in [-0.1, -0.05) is 19.8 Å². The molecule has 0 unspecified atom stereocenters. The maximum atomic E-state index is 10.5. The number of hydrogen-bond acceptors (Lipinski definition) is 3. The van der Waals surface area contributed by atoms with Gasteiger partial charge in [-0.2, -0.15) is 5.26 Å². The Bertz CT molecular complexity index is 311. The molecular weight excluding hydrogens is 248 g/mol. The summed E-state index contributed by atoms with van der Waals surface area (Å²) in [5.41, 5.74) is -0.672. The van der Waals surface area contributed by atoms with E-state index in [1.807, 2.05) is 13.8 Å². The SMILES string of the molecule is CCC1CCC(O)(CNCCCCC(C)(C)C#N)CC1. The first kappa shape index (κ1) is 17.5. The molecule has 0 heterocycles. The zero-order valence-electron chi connectivity index (χ0n) is 13.5. The molecule has 1 aliphatic rings. The summed E-state index contributed by atoms with van der Waals surface area (Å²) >= 11 is 0. The first-order valence-electron chi connectivity index (χ1n) is 8.25. The number of unbranched alkanes of at least 4 members (excludes halogenated alkanes) is 1. The number of rotatable bonds is 8. The molecule has 0 aromatic heterocycles. The molecule has 1 rings (SSSR count). The molecule has 0 atom stereocenters. The van der Waals surface area contributed by atoms with Gasteiger partial charge in [0.2, 0.25) is 0 Å². The zero-order valence-corrected chi connectivity index (χ0v) is 13.5. The molecule has 2 N–H and O–H groups in total. The summed E-state index contributed by atoms with van der Waals surface area (Å²) in [6.45, 7) is 7.91. The van der Waals surface area contributed by atoms with Gasteiger partial charge in [0.15, 0.2) is 0 Å². The second-order valence-corrected chi connectivity index (χ2v) is 7.21. The van der Waals surface area contributed by atoms with Crippen LogP contribution < -0.4 is 5.32 Å². The Balaban J connectivity index is 2.08. The second-order valence-electron chi connectivity index (χ2n) is 7.21. The van der Waals surface area contributed by atoms with Crippen molar-refractivity contribution in [2.45, 2.75) is 77.7 Å². The standard InChI is InChI=1S/C17H32N2O/c1-4-15-7-10-17(20,11-8-15)14-19-12-6-5-9-16(2,3)13-18/h15,19-20H,4-12,14H2,1-3H3. The van der Waals surface area contributed by atoms with Gasteiger partial charge in [0.05, 0.1) is 17.1 Å². The van der Waals surface area contributed by atoms with Crippen molar-refractivity contribution in [2.24, 2.45) is 11.3 Å². The van der Waals surface area contributed by atoms with Crippen LogP contribution in [0.15, 0.2) is 0 Å². The van der Waals surface area contributed by atoms with Gasteiger partial charge in [0.25, 0.3) is 0 Å². The fourth-order valence-corrected chi connectivity index (χ4v) is 2.99. The number of hydrogen-bond donors (Lipinski definition) is 2. The fraction of sp³-hybridized carbons (Fsp3) is 0.941. The Morgan fingerprint density at radius 2 is 1.95 bits per heavy atom. The van der Waals surface area contributed by atoms with Gasteiger partial charge >= 0.3 is 0 Å². The van der Waals surface area contributed by atoms with E-state index in [1.54, 1.807) is 0 Å². The van der Waals surface area contributed by atoms with Crippen LogP contribution in [0.4, 0.5) is 0 Å². The summed E-state index contributed by atoms with van der Waals surface area (Å²) in [5, 5.41) is 22.8. The Morgan fingerprint density at radius 1 is 1.30 bits per heavy atom. The van der Waals surface area contributed by atoms with Crippen LogP contribution in [0.25, 0.3) is 0 Å². The summed E-state index contributed by atoms with van der Waals surface area (Å²) in [5.74, 6) is 0.823. The van der Waals surface area contributed by atoms with E-state index >= 15 is 0 Å². The molecule has 3 heteroatoms. The lowest BCUT2D eigenvalue weighted by molar-refractivity contribution is -0.00849. The number of nitrogens with zero attached hydrogens (tertiary/aromatic N) is 1. The molecule has 1 aliphatic carbocycles. The summed E-state index contributed by atoms with van der Waals surface area (Å²) in [6, 6.07) is 2.34. The van der Waals surface area contributed by atoms with E-state index in [0.29, 0.717) is 0 Å². The van der Waals surface area contributed by atoms with E-state index in [4.69, 9.17) is 5.26 Å². The minimum atomic E-state index is -0.475. The van der Waals surface area contributed by atoms with Crippen molar-refractivity contribution in [3.8, 4) is 6.07 Å². The van der Waals surface area contributed by atoms with E-state index in [1.165, 1.54) is 19.3 Å². The predicted octanol–water partition coefficient (Wildman–Crippen LogP) is 3.63. The second kappa shape index (κ2) is 8.00. The highest BCUT2D eigenvalue weighted by molar-refractivity contribution is 4.91. The molecule has 3 nitrogen and oxygen atoms in total. The molecule has 0 saturated heterocycles. The lowest BCUT2D eigenvalue weighted by Gasteiger charge is -2.36. The molecule has 0 spiro atoms. The van der Waals surface area contributed by atoms with Gasteiger partial charge in [0.1, 0.15) is 0 Å². The molecule has 0 aliphatic heterocycles. The highest BCUT2D eigenvalue weighted by atomic mass is 16.3. The maximum Gasteiger partial charge on any atom is 0.0771 e. The van der Waals surface area contributed by atoms with Crippen molar-refractivity contribution in [2.75, 3.05) is 13.1 Å². The van der Waals surface area contributed by atoms with Crippen molar-refractivity contribution < 1.29 is 5.11 Å². The van der Waals surface area contributed by atoms with Crippen LogP contribution in [0.5, 0.6) is 0 Å². The number of nitriles is 1. The van der Waals surface area contributed by atoms with Crippen molar-refractivity contribution in [3.63, 3.8) is 0 Å². The van der Waals surface area contributed by atoms with Crippen LogP contribution in [0.3, 0.4) is 0 Å². The molecule has 0 aromatic carbocycles. The molecule has 1 fully saturated rings. The summed E-state index contributed by atoms with van der Waals surface area (Å²) in [6.07, 6.45) is 8.59. The zero-order chi connectivity index (χ0) is 15.1. The van der Waals surface area contributed by atoms with Gasteiger partial charge < -0.3 is 10.4 Å². The van der Waals surface area contributed by atoms with Gasteiger partial charge in [0, 0.05) is 6.54 Å². The van der Waals surface area contributed by atoms with Crippen LogP contribution in [0.2, 0.25) is 0 Å². The monoisotopic (exact) mass is 280 g/mol. The normalized spacial score (nSPS) is 27.2. The van der Waals surface area contributed by atoms with E-state index in [9.17, 15) is 5.11 Å². The maximum absolute atomic E-state index is 10.5. The highest BCUT2D eigenvalue weighted by Crippen LogP contribution is 2.33. The fourth-order valence-electron chi connectivity index (χ4n) is 2.99. The number of aliphatic hydroxyl groups is 1. The average Bonchev–Trinajstić information content (AvgIpc) is 2.43. The van der Waals surface area contributed by atoms with Gasteiger partial charge in [-0.15, -0.1) is 0 Å². The van der Waals surface area contributed by atoms with Crippen LogP contribution in [0, 0.1) is 22.7 Å². The topological polar surface area (TPSA) is 56.0 Å². The van der Waals surface area contributed by atoms with Crippen LogP contribution in [0.1, 0.15) is 72.1 Å². The summed E-state index contributed by atoms with van der Waals surface area (Å²) < 4.78 is 0. The van der Waals surface area contributed by atoms with Gasteiger partial charge in [-0.3, -0.25) is 0 Å². The smallest absolute Gasteiger partial charge is 0.0771 e. The molecule has 0 radical (unpaired) electrons. The van der Waals surface area contributed by atoms with E-state index in [-0.39, 0.29) is 5.41 Å². The number of nitrogens with one attached hydrogen (secondary N) is 1. The quantitative estimate of drug-likeness (QED) is 0.668. The molecule has 1 saturated carbocycles. The minimum Gasteiger partial charge on any atom is -0.389 e. The van der Waals surface area contributed by atoms with Crippen molar-refractivity contribution in [3.05, 3.63) is 0 Å². The van der Waals surface area contributed by atoms with E-state index in [0.717, 1.165) is 51.1 Å². The summed E-state index contributed by atoms with van der Waals surface area (Å²) in [4.78, 5) is 0. The predicted molar refractivity (Wildman–Crippen MR) is 83.3 cm³/mol. The van der Waals surface area contributed by atoms with Crippen LogP contribution in [-0.2, 0) is 0 Å². The Morgan fingerprint density at radius 3 is 2.50 bits per heavy atom. The molecule has 20 heavy (non-hydrogen) atoms. The van der Waals surface area contributed by atoms with Crippen LogP contribution in [-0.4, -0.2) is 23.8 Å². The van der Waals surface area contributed by atoms with Crippen molar-refractivity contribution in [1.29, 1.82) is 5.26 Å². The first-order valence-corrected chi connectivity index (χ1v) is 8.25. The van der Waals surface area contributed by atoms with Gasteiger partial charge in [-0.25, -0.2) is 0 Å². The Kier molecular flexibility index (Phi) is 6.99. The minimum absolute atomic E-state index is 0.198. The average molecular weight is 280 g/mol. The van der Waals surface area contributed by atoms with Gasteiger partial charge in [-0.05, 0) is 64.8 Å². The van der Waals surface area contributed by atoms with Crippen molar-refractivity contribution >= 4 is 0 Å². The summed E-state index contributed by atoms with van der Waals surface area (Å²) in [7, 11) is 0. The van der Waals surface area contributed by atoms with Crippen molar-refractivity contribution in [1.82, 2.24) is 5.32 Å². The molecule has 116 valence electrons. The molecule has 0 amide bonds. The van der Waals surface area contributed by atoms with Crippen LogP contribution >= 0.6 is 0 Å². The molecular formula is C17H32N2O. The molecule has 0 aromatic rings. The highest BCUT2D eigenvalue weighted by Gasteiger charge is 2.31. The largest absolute Gasteiger partial charge is 0.389 e. The Labute approximate surface area is 124 Å². The third kappa shape index (κ3) is 6.24. The van der Waals surface area contributed by atoms with E-state index in [2.05, 4.69) is 18.3 Å². The third-order valence-electron chi connectivity index (χ3n) is 4.78. The Hall–Kier alpha value is -0.590. The molecule has 0 bridgehead atoms. The first-order chi connectivity index (χ1) is 9.41.